The summed E-state index contributed by atoms with van der Waals surface area (Å²) in [7, 11) is 0. The number of hydrogen-bond donors (Lipinski definition) is 0. The Hall–Kier alpha value is -1.10. The van der Waals surface area contributed by atoms with Crippen LogP contribution in [0.3, 0.4) is 0 Å². The molecule has 0 aliphatic rings. The van der Waals surface area contributed by atoms with Crippen LogP contribution in [0.5, 0.6) is 0 Å². The molecule has 0 radical (unpaired) electrons. The lowest BCUT2D eigenvalue weighted by atomic mass is 10.1. The molecule has 0 aliphatic carbocycles. The number of nitro groups is 1. The van der Waals surface area contributed by atoms with E-state index in [0.29, 0.717) is 30.3 Å². The van der Waals surface area contributed by atoms with Crippen LogP contribution in [0.25, 0.3) is 0 Å². The molecule has 0 fully saturated rings. The van der Waals surface area contributed by atoms with Crippen molar-refractivity contribution in [2.75, 3.05) is 5.88 Å². The van der Waals surface area contributed by atoms with E-state index in [1.165, 1.54) is 0 Å². The predicted octanol–water partition coefficient (Wildman–Crippen LogP) is 3.57. The molecule has 1 rings (SSSR count). The van der Waals surface area contributed by atoms with Crippen molar-refractivity contribution < 1.29 is 4.92 Å². The van der Waals surface area contributed by atoms with E-state index in [-0.39, 0.29) is 10.6 Å². The van der Waals surface area contributed by atoms with Gasteiger partial charge in [0, 0.05) is 12.4 Å². The largest absolute Gasteiger partial charge is 0.313 e. The molecule has 0 bridgehead atoms. The standard InChI is InChI=1S/C13H22ClN3O2/c1-4-11-13(17(18)19)12(5-2)16(15-11)9-7-10(3)6-8-14/h10H,4-9H2,1-3H3. The fraction of sp³-hybridized carbons (Fsp3) is 0.769. The number of halogens is 1. The van der Waals surface area contributed by atoms with Crippen LogP contribution in [0.1, 0.15) is 45.0 Å². The van der Waals surface area contributed by atoms with Crippen molar-refractivity contribution in [3.8, 4) is 0 Å². The summed E-state index contributed by atoms with van der Waals surface area (Å²) in [5.41, 5.74) is 1.53. The van der Waals surface area contributed by atoms with Gasteiger partial charge in [-0.1, -0.05) is 20.8 Å². The Morgan fingerprint density at radius 3 is 2.53 bits per heavy atom. The van der Waals surface area contributed by atoms with Gasteiger partial charge in [-0.25, -0.2) is 0 Å². The number of aryl methyl sites for hydroxylation is 2. The molecule has 0 aliphatic heterocycles. The molecule has 0 aromatic carbocycles. The number of nitrogens with zero attached hydrogens (tertiary/aromatic N) is 3. The highest BCUT2D eigenvalue weighted by Crippen LogP contribution is 2.25. The molecule has 1 heterocycles. The Morgan fingerprint density at radius 2 is 2.05 bits per heavy atom. The molecule has 1 aromatic heterocycles. The Balaban J connectivity index is 2.91. The van der Waals surface area contributed by atoms with E-state index in [1.807, 2.05) is 18.5 Å². The molecule has 1 atom stereocenters. The maximum Gasteiger partial charge on any atom is 0.313 e. The summed E-state index contributed by atoms with van der Waals surface area (Å²) in [6.45, 7) is 6.70. The average molecular weight is 288 g/mol. The minimum absolute atomic E-state index is 0.204. The van der Waals surface area contributed by atoms with Crippen molar-refractivity contribution in [2.24, 2.45) is 5.92 Å². The monoisotopic (exact) mass is 287 g/mol. The molecule has 108 valence electrons. The van der Waals surface area contributed by atoms with E-state index in [2.05, 4.69) is 12.0 Å². The van der Waals surface area contributed by atoms with E-state index in [0.717, 1.165) is 25.1 Å². The smallest absolute Gasteiger partial charge is 0.262 e. The van der Waals surface area contributed by atoms with Crippen molar-refractivity contribution in [2.45, 2.75) is 53.0 Å². The van der Waals surface area contributed by atoms with Crippen LogP contribution in [-0.2, 0) is 19.4 Å². The SMILES string of the molecule is CCc1nn(CCC(C)CCCl)c(CC)c1[N+](=O)[O-]. The van der Waals surface area contributed by atoms with E-state index < -0.39 is 0 Å². The average Bonchev–Trinajstić information content (AvgIpc) is 2.74. The second-order valence-corrected chi connectivity index (χ2v) is 5.18. The molecule has 0 saturated carbocycles. The third kappa shape index (κ3) is 3.93. The molecule has 0 amide bonds. The fourth-order valence-corrected chi connectivity index (χ4v) is 2.57. The molecule has 0 N–H and O–H groups in total. The first-order chi connectivity index (χ1) is 9.04. The summed E-state index contributed by atoms with van der Waals surface area (Å²) < 4.78 is 1.81. The van der Waals surface area contributed by atoms with Crippen molar-refractivity contribution >= 4 is 17.3 Å². The van der Waals surface area contributed by atoms with E-state index >= 15 is 0 Å². The van der Waals surface area contributed by atoms with Crippen molar-refractivity contribution in [3.05, 3.63) is 21.5 Å². The van der Waals surface area contributed by atoms with Gasteiger partial charge in [-0.05, 0) is 31.6 Å². The maximum absolute atomic E-state index is 11.1. The maximum atomic E-state index is 11.1. The van der Waals surface area contributed by atoms with E-state index in [9.17, 15) is 10.1 Å². The number of rotatable bonds is 8. The predicted molar refractivity (Wildman–Crippen MR) is 76.8 cm³/mol. The highest BCUT2D eigenvalue weighted by molar-refractivity contribution is 6.17. The van der Waals surface area contributed by atoms with Gasteiger partial charge < -0.3 is 0 Å². The van der Waals surface area contributed by atoms with Crippen LogP contribution in [0.4, 0.5) is 5.69 Å². The molecular weight excluding hydrogens is 266 g/mol. The van der Waals surface area contributed by atoms with Crippen LogP contribution >= 0.6 is 11.6 Å². The first-order valence-electron chi connectivity index (χ1n) is 6.83. The van der Waals surface area contributed by atoms with Crippen LogP contribution in [0.15, 0.2) is 0 Å². The molecule has 0 saturated heterocycles. The summed E-state index contributed by atoms with van der Waals surface area (Å²) in [5.74, 6) is 1.16. The molecular formula is C13H22ClN3O2. The Kier molecular flexibility index (Phi) is 6.28. The zero-order chi connectivity index (χ0) is 14.4. The Labute approximate surface area is 119 Å². The van der Waals surface area contributed by atoms with Crippen LogP contribution in [0, 0.1) is 16.0 Å². The quantitative estimate of drug-likeness (QED) is 0.417. The van der Waals surface area contributed by atoms with Gasteiger partial charge in [-0.15, -0.1) is 11.6 Å². The Bertz CT molecular complexity index is 432. The zero-order valence-corrected chi connectivity index (χ0v) is 12.6. The number of alkyl halides is 1. The second kappa shape index (κ2) is 7.48. The van der Waals surface area contributed by atoms with Crippen LogP contribution < -0.4 is 0 Å². The number of aromatic nitrogens is 2. The lowest BCUT2D eigenvalue weighted by Gasteiger charge is -2.10. The first-order valence-corrected chi connectivity index (χ1v) is 7.37. The van der Waals surface area contributed by atoms with Gasteiger partial charge in [0.1, 0.15) is 11.4 Å². The molecule has 1 unspecified atom stereocenters. The zero-order valence-electron chi connectivity index (χ0n) is 11.9. The summed E-state index contributed by atoms with van der Waals surface area (Å²) >= 11 is 5.72. The molecule has 1 aromatic rings. The molecule has 19 heavy (non-hydrogen) atoms. The van der Waals surface area contributed by atoms with Crippen LogP contribution in [-0.4, -0.2) is 20.6 Å². The Morgan fingerprint density at radius 1 is 1.37 bits per heavy atom. The van der Waals surface area contributed by atoms with Gasteiger partial charge >= 0.3 is 5.69 Å². The van der Waals surface area contributed by atoms with Gasteiger partial charge in [0.05, 0.1) is 4.92 Å². The fourth-order valence-electron chi connectivity index (χ4n) is 2.20. The van der Waals surface area contributed by atoms with Gasteiger partial charge in [-0.3, -0.25) is 14.8 Å². The van der Waals surface area contributed by atoms with Gasteiger partial charge in [-0.2, -0.15) is 5.10 Å². The minimum atomic E-state index is -0.302. The van der Waals surface area contributed by atoms with Gasteiger partial charge in [0.2, 0.25) is 0 Å². The first kappa shape index (κ1) is 16.0. The highest BCUT2D eigenvalue weighted by atomic mass is 35.5. The summed E-state index contributed by atoms with van der Waals surface area (Å²) in [5, 5.41) is 15.5. The van der Waals surface area contributed by atoms with Gasteiger partial charge in [0.25, 0.3) is 0 Å². The third-order valence-electron chi connectivity index (χ3n) is 3.39. The molecule has 6 heteroatoms. The van der Waals surface area contributed by atoms with E-state index in [1.54, 1.807) is 0 Å². The molecule has 0 spiro atoms. The lowest BCUT2D eigenvalue weighted by molar-refractivity contribution is -0.386. The minimum Gasteiger partial charge on any atom is -0.262 e. The lowest BCUT2D eigenvalue weighted by Crippen LogP contribution is -2.09. The van der Waals surface area contributed by atoms with Gasteiger partial charge in [0.15, 0.2) is 0 Å². The number of hydrogen-bond acceptors (Lipinski definition) is 3. The topological polar surface area (TPSA) is 61.0 Å². The normalized spacial score (nSPS) is 12.6. The second-order valence-electron chi connectivity index (χ2n) is 4.80. The van der Waals surface area contributed by atoms with Crippen molar-refractivity contribution in [1.82, 2.24) is 9.78 Å². The van der Waals surface area contributed by atoms with E-state index in [4.69, 9.17) is 11.6 Å². The molecule has 5 nitrogen and oxygen atoms in total. The van der Waals surface area contributed by atoms with Crippen LogP contribution in [0.2, 0.25) is 0 Å². The van der Waals surface area contributed by atoms with Crippen molar-refractivity contribution in [3.63, 3.8) is 0 Å². The highest BCUT2D eigenvalue weighted by Gasteiger charge is 2.25. The summed E-state index contributed by atoms with van der Waals surface area (Å²) in [6, 6.07) is 0. The van der Waals surface area contributed by atoms with Crippen molar-refractivity contribution in [1.29, 1.82) is 0 Å². The third-order valence-corrected chi connectivity index (χ3v) is 3.61. The summed E-state index contributed by atoms with van der Waals surface area (Å²) in [6.07, 6.45) is 3.13. The summed E-state index contributed by atoms with van der Waals surface area (Å²) in [4.78, 5) is 10.8.